The molecule has 0 unspecified atom stereocenters. The molecule has 5 aliphatic rings. The van der Waals surface area contributed by atoms with Gasteiger partial charge in [0.1, 0.15) is 17.9 Å². The van der Waals surface area contributed by atoms with Crippen LogP contribution in [0.4, 0.5) is 0 Å². The van der Waals surface area contributed by atoms with E-state index in [1.54, 1.807) is 24.4 Å². The molecule has 57 heavy (non-hydrogen) atoms. The van der Waals surface area contributed by atoms with E-state index in [4.69, 9.17) is 14.5 Å². The van der Waals surface area contributed by atoms with Crippen molar-refractivity contribution in [3.63, 3.8) is 0 Å². The van der Waals surface area contributed by atoms with E-state index < -0.39 is 50.6 Å². The fourth-order valence-corrected chi connectivity index (χ4v) is 10.9. The third-order valence-corrected chi connectivity index (χ3v) is 14.9. The summed E-state index contributed by atoms with van der Waals surface area (Å²) in [5.41, 5.74) is -0.696. The second kappa shape index (κ2) is 17.4. The molecular formula is C43H58N4O9S. The highest BCUT2D eigenvalue weighted by molar-refractivity contribution is 7.90. The van der Waals surface area contributed by atoms with Crippen LogP contribution in [0.1, 0.15) is 129 Å². The molecule has 2 aliphatic heterocycles. The molecule has 0 radical (unpaired) electrons. The van der Waals surface area contributed by atoms with Gasteiger partial charge in [0.05, 0.1) is 35.2 Å². The van der Waals surface area contributed by atoms with Crippen LogP contribution in [0.25, 0.3) is 5.65 Å². The maximum Gasteiger partial charge on any atom is 0.306 e. The van der Waals surface area contributed by atoms with E-state index in [0.717, 1.165) is 57.8 Å². The molecule has 14 heteroatoms. The predicted octanol–water partition coefficient (Wildman–Crippen LogP) is 5.61. The molecule has 3 saturated carbocycles. The zero-order valence-electron chi connectivity index (χ0n) is 33.4. The van der Waals surface area contributed by atoms with E-state index >= 15 is 0 Å². The van der Waals surface area contributed by atoms with Gasteiger partial charge in [-0.15, -0.1) is 0 Å². The Hall–Kier alpha value is -4.07. The summed E-state index contributed by atoms with van der Waals surface area (Å²) in [4.78, 5) is 76.9. The molecule has 2 aromatic rings. The molecule has 2 bridgehead atoms. The zero-order valence-corrected chi connectivity index (χ0v) is 34.2. The van der Waals surface area contributed by atoms with Gasteiger partial charge in [0.2, 0.25) is 27.7 Å². The topological polar surface area (TPSA) is 171 Å². The summed E-state index contributed by atoms with van der Waals surface area (Å²) < 4.78 is 42.1. The van der Waals surface area contributed by atoms with Crippen LogP contribution in [0.15, 0.2) is 41.3 Å². The second-order valence-electron chi connectivity index (χ2n) is 17.1. The van der Waals surface area contributed by atoms with Gasteiger partial charge in [0.25, 0.3) is 5.56 Å². The van der Waals surface area contributed by atoms with E-state index in [9.17, 15) is 32.4 Å². The number of fused-ring (bicyclic) bond motifs is 5. The fraction of sp³-hybridized carbons (Fsp3) is 0.674. The number of hydrogen-bond acceptors (Lipinski definition) is 10. The number of pyridine rings is 1. The predicted molar refractivity (Wildman–Crippen MR) is 213 cm³/mol. The lowest BCUT2D eigenvalue weighted by Crippen LogP contribution is -2.46. The Morgan fingerprint density at radius 1 is 1.00 bits per heavy atom. The molecule has 310 valence electrons. The first-order valence-electron chi connectivity index (χ1n) is 21.3. The number of allylic oxidation sites excluding steroid dienone is 2. The average molecular weight is 807 g/mol. The number of hydrogen-bond donors (Lipinski definition) is 1. The van der Waals surface area contributed by atoms with Crippen molar-refractivity contribution in [1.82, 2.24) is 19.0 Å². The standard InChI is InChI=1S/C43H58N4O9S/c1-3-5-6-8-15-29-23-38(49)56-36-18-13-16-28(36)14-9-7-10-17-33-39(44-37-19-11-12-22-46(37)41(33)51)55-31-24-34(47(27-31)40(29)50)35(48)26-43(25-30(43)4-2)42(52)45-57(53,54)32-20-21-32/h7,10-12,19,22,28-32,34,36H,3-6,8-9,13-18,20-21,23-27H2,1-2H3,(H,45,52)/b10-7+/t28-,29-,30+,31-,34+,36-,43-/m1/s1. The number of carbonyl (C=O) groups is 4. The molecule has 1 saturated heterocycles. The highest BCUT2D eigenvalue weighted by Crippen LogP contribution is 2.58. The molecule has 7 rings (SSSR count). The van der Waals surface area contributed by atoms with Gasteiger partial charge in [-0.25, -0.2) is 8.42 Å². The number of aromatic nitrogens is 2. The minimum atomic E-state index is -3.84. The number of carbonyl (C=O) groups excluding carboxylic acids is 4. The quantitative estimate of drug-likeness (QED) is 0.162. The average Bonchev–Trinajstić information content (AvgIpc) is 4.08. The first-order chi connectivity index (χ1) is 27.4. The van der Waals surface area contributed by atoms with E-state index in [2.05, 4.69) is 11.6 Å². The van der Waals surface area contributed by atoms with Gasteiger partial charge >= 0.3 is 5.97 Å². The maximum atomic E-state index is 14.8. The number of ketones is 1. The van der Waals surface area contributed by atoms with Crippen LogP contribution in [0.3, 0.4) is 0 Å². The summed E-state index contributed by atoms with van der Waals surface area (Å²) >= 11 is 0. The van der Waals surface area contributed by atoms with E-state index in [-0.39, 0.29) is 73.3 Å². The lowest BCUT2D eigenvalue weighted by atomic mass is 9.90. The van der Waals surface area contributed by atoms with Crippen LogP contribution < -0.4 is 15.0 Å². The number of esters is 1. The minimum absolute atomic E-state index is 0.0119. The molecule has 13 nitrogen and oxygen atoms in total. The Labute approximate surface area is 335 Å². The molecule has 4 fully saturated rings. The van der Waals surface area contributed by atoms with Crippen molar-refractivity contribution in [2.24, 2.45) is 23.2 Å². The summed E-state index contributed by atoms with van der Waals surface area (Å²) in [6.07, 6.45) is 15.0. The van der Waals surface area contributed by atoms with Crippen LogP contribution in [-0.2, 0) is 40.4 Å². The molecule has 2 aromatic heterocycles. The Kier molecular flexibility index (Phi) is 12.6. The number of nitrogens with zero attached hydrogens (tertiary/aromatic N) is 3. The van der Waals surface area contributed by atoms with Crippen molar-refractivity contribution in [2.75, 3.05) is 6.54 Å². The summed E-state index contributed by atoms with van der Waals surface area (Å²) in [6.45, 7) is 4.03. The molecule has 7 atom stereocenters. The Bertz CT molecular complexity index is 2040. The smallest absolute Gasteiger partial charge is 0.306 e. The van der Waals surface area contributed by atoms with E-state index in [0.29, 0.717) is 43.3 Å². The van der Waals surface area contributed by atoms with Crippen LogP contribution in [0, 0.1) is 23.2 Å². The summed E-state index contributed by atoms with van der Waals surface area (Å²) in [5.74, 6) is -2.33. The number of amides is 2. The number of rotatable bonds is 12. The highest BCUT2D eigenvalue weighted by Gasteiger charge is 2.61. The van der Waals surface area contributed by atoms with Gasteiger partial charge in [-0.05, 0) is 81.8 Å². The highest BCUT2D eigenvalue weighted by atomic mass is 32.2. The molecule has 2 amide bonds. The Morgan fingerprint density at radius 3 is 2.58 bits per heavy atom. The van der Waals surface area contributed by atoms with Crippen LogP contribution in [0.5, 0.6) is 5.88 Å². The first kappa shape index (κ1) is 41.1. The van der Waals surface area contributed by atoms with Gasteiger partial charge in [-0.2, -0.15) is 4.98 Å². The summed E-state index contributed by atoms with van der Waals surface area (Å²) in [7, 11) is -3.84. The first-order valence-corrected chi connectivity index (χ1v) is 22.9. The number of Topliss-reactive ketones (excluding diaryl/α,β-unsaturated/α-hetero) is 1. The fourth-order valence-electron chi connectivity index (χ4n) is 9.48. The molecule has 0 aromatic carbocycles. The third-order valence-electron chi connectivity index (χ3n) is 13.1. The lowest BCUT2D eigenvalue weighted by molar-refractivity contribution is -0.155. The van der Waals surface area contributed by atoms with Crippen molar-refractivity contribution < 1.29 is 37.1 Å². The molecule has 1 N–H and O–H groups in total. The molecule has 0 spiro atoms. The number of ether oxygens (including phenoxy) is 2. The lowest BCUT2D eigenvalue weighted by Gasteiger charge is -2.29. The van der Waals surface area contributed by atoms with Crippen molar-refractivity contribution in [2.45, 2.75) is 153 Å². The maximum absolute atomic E-state index is 14.8. The molecular weight excluding hydrogens is 749 g/mol. The van der Waals surface area contributed by atoms with Gasteiger partial charge in [0, 0.05) is 31.4 Å². The molecule has 3 aliphatic carbocycles. The number of nitrogens with one attached hydrogen (secondary N) is 1. The second-order valence-corrected chi connectivity index (χ2v) is 19.1. The minimum Gasteiger partial charge on any atom is -0.472 e. The van der Waals surface area contributed by atoms with Crippen LogP contribution in [-0.4, -0.2) is 76.3 Å². The summed E-state index contributed by atoms with van der Waals surface area (Å²) in [5, 5.41) is -0.593. The largest absolute Gasteiger partial charge is 0.472 e. The van der Waals surface area contributed by atoms with Gasteiger partial charge in [0.15, 0.2) is 5.78 Å². The van der Waals surface area contributed by atoms with Crippen molar-refractivity contribution in [3.05, 3.63) is 52.5 Å². The molecule has 4 heterocycles. The van der Waals surface area contributed by atoms with Gasteiger partial charge < -0.3 is 14.4 Å². The van der Waals surface area contributed by atoms with E-state index in [1.165, 1.54) is 9.30 Å². The third kappa shape index (κ3) is 9.15. The van der Waals surface area contributed by atoms with Gasteiger partial charge in [-0.3, -0.25) is 33.1 Å². The monoisotopic (exact) mass is 806 g/mol. The van der Waals surface area contributed by atoms with Crippen LogP contribution in [0.2, 0.25) is 0 Å². The van der Waals surface area contributed by atoms with Crippen LogP contribution >= 0.6 is 0 Å². The van der Waals surface area contributed by atoms with Gasteiger partial charge in [-0.1, -0.05) is 64.2 Å². The van der Waals surface area contributed by atoms with Crippen molar-refractivity contribution in [3.8, 4) is 5.88 Å². The Morgan fingerprint density at radius 2 is 1.82 bits per heavy atom. The number of unbranched alkanes of at least 4 members (excludes halogenated alkanes) is 3. The van der Waals surface area contributed by atoms with Crippen molar-refractivity contribution >= 4 is 39.2 Å². The Balaban J connectivity index is 1.22. The zero-order chi connectivity index (χ0) is 40.3. The SMILES string of the molecule is CCCCCC[C@@H]1CC(=O)O[C@@H]2CCC[C@H]2CC/C=C/Cc2c(nc3ccccn3c2=O)O[C@@H]2C[C@@H](C(=O)C[C@]3(C(=O)NS(=O)(=O)C4CC4)C[C@@H]3CC)N(C2)C1=O. The normalized spacial score (nSPS) is 30.0. The summed E-state index contributed by atoms with van der Waals surface area (Å²) in [6, 6.07) is 4.27. The van der Waals surface area contributed by atoms with E-state index in [1.807, 2.05) is 19.1 Å². The van der Waals surface area contributed by atoms with Crippen molar-refractivity contribution in [1.29, 1.82) is 0 Å². The number of sulfonamides is 1.